The van der Waals surface area contributed by atoms with Crippen LogP contribution in [0, 0.1) is 0 Å². The minimum atomic E-state index is 0.217. The minimum Gasteiger partial charge on any atom is -0.378 e. The summed E-state index contributed by atoms with van der Waals surface area (Å²) in [6.45, 7) is 2.19. The van der Waals surface area contributed by atoms with Gasteiger partial charge in [-0.15, -0.1) is 0 Å². The van der Waals surface area contributed by atoms with Crippen LogP contribution in [-0.2, 0) is 7.05 Å². The highest BCUT2D eigenvalue weighted by Gasteiger charge is 2.30. The van der Waals surface area contributed by atoms with Gasteiger partial charge in [-0.1, -0.05) is 19.1 Å². The molecule has 4 heteroatoms. The Balaban J connectivity index is 2.11. The number of carbonyl (C=O) groups is 1. The van der Waals surface area contributed by atoms with Crippen molar-refractivity contribution in [2.45, 2.75) is 25.7 Å². The van der Waals surface area contributed by atoms with E-state index in [0.29, 0.717) is 12.3 Å². The standard InChI is InChI=1S/C17H21N3O/c1-11-5-10-14(21)17-15(11)16(18-20(17)4)12-6-8-13(9-7-12)19(2)3/h6-9,11H,5,10H2,1-4H3. The summed E-state index contributed by atoms with van der Waals surface area (Å²) in [5.74, 6) is 0.601. The highest BCUT2D eigenvalue weighted by molar-refractivity contribution is 5.99. The number of Topliss-reactive ketones (excluding diaryl/α,β-unsaturated/α-hetero) is 1. The van der Waals surface area contributed by atoms with Crippen molar-refractivity contribution in [3.05, 3.63) is 35.5 Å². The number of carbonyl (C=O) groups excluding carboxylic acids is 1. The van der Waals surface area contributed by atoms with Crippen LogP contribution in [0.2, 0.25) is 0 Å². The lowest BCUT2D eigenvalue weighted by Gasteiger charge is -2.19. The molecule has 1 aromatic carbocycles. The average molecular weight is 283 g/mol. The van der Waals surface area contributed by atoms with Gasteiger partial charge in [0.25, 0.3) is 0 Å². The smallest absolute Gasteiger partial charge is 0.181 e. The molecule has 0 aliphatic heterocycles. The van der Waals surface area contributed by atoms with E-state index in [1.165, 1.54) is 0 Å². The molecule has 3 rings (SSSR count). The van der Waals surface area contributed by atoms with Gasteiger partial charge in [-0.2, -0.15) is 5.10 Å². The van der Waals surface area contributed by atoms with Gasteiger partial charge in [0.15, 0.2) is 5.78 Å². The molecule has 1 heterocycles. The van der Waals surface area contributed by atoms with Crippen LogP contribution in [0.1, 0.15) is 41.7 Å². The number of aryl methyl sites for hydroxylation is 1. The Bertz CT molecular complexity index is 683. The van der Waals surface area contributed by atoms with E-state index in [4.69, 9.17) is 0 Å². The van der Waals surface area contributed by atoms with Gasteiger partial charge in [0.2, 0.25) is 0 Å². The molecule has 0 radical (unpaired) electrons. The Labute approximate surface area is 125 Å². The molecule has 110 valence electrons. The second kappa shape index (κ2) is 5.02. The van der Waals surface area contributed by atoms with Crippen LogP contribution < -0.4 is 4.90 Å². The molecule has 4 nitrogen and oxygen atoms in total. The molecule has 1 aliphatic carbocycles. The van der Waals surface area contributed by atoms with Crippen molar-refractivity contribution in [3.63, 3.8) is 0 Å². The maximum Gasteiger partial charge on any atom is 0.181 e. The molecule has 0 saturated heterocycles. The van der Waals surface area contributed by atoms with Gasteiger partial charge in [-0.05, 0) is 24.5 Å². The number of hydrogen-bond acceptors (Lipinski definition) is 3. The van der Waals surface area contributed by atoms with Crippen LogP contribution in [0.25, 0.3) is 11.3 Å². The molecule has 0 N–H and O–H groups in total. The van der Waals surface area contributed by atoms with Crippen LogP contribution in [0.5, 0.6) is 0 Å². The lowest BCUT2D eigenvalue weighted by atomic mass is 9.84. The molecule has 2 aromatic rings. The Morgan fingerprint density at radius 1 is 1.24 bits per heavy atom. The Kier molecular flexibility index (Phi) is 3.32. The van der Waals surface area contributed by atoms with Crippen LogP contribution in [0.4, 0.5) is 5.69 Å². The highest BCUT2D eigenvalue weighted by atomic mass is 16.1. The molecule has 1 aromatic heterocycles. The number of ketones is 1. The molecule has 1 aliphatic rings. The Hall–Kier alpha value is -2.10. The summed E-state index contributed by atoms with van der Waals surface area (Å²) >= 11 is 0. The third-order valence-electron chi connectivity index (χ3n) is 4.30. The molecular weight excluding hydrogens is 262 g/mol. The van der Waals surface area contributed by atoms with Crippen molar-refractivity contribution in [3.8, 4) is 11.3 Å². The van der Waals surface area contributed by atoms with E-state index in [0.717, 1.165) is 34.6 Å². The van der Waals surface area contributed by atoms with Gasteiger partial charge in [0.05, 0.1) is 5.69 Å². The number of rotatable bonds is 2. The Morgan fingerprint density at radius 3 is 2.52 bits per heavy atom. The fourth-order valence-corrected chi connectivity index (χ4v) is 3.08. The van der Waals surface area contributed by atoms with E-state index in [1.807, 2.05) is 21.1 Å². The van der Waals surface area contributed by atoms with Crippen molar-refractivity contribution in [2.75, 3.05) is 19.0 Å². The summed E-state index contributed by atoms with van der Waals surface area (Å²) in [6, 6.07) is 8.35. The summed E-state index contributed by atoms with van der Waals surface area (Å²) in [4.78, 5) is 14.2. The number of hydrogen-bond donors (Lipinski definition) is 0. The molecule has 1 atom stereocenters. The van der Waals surface area contributed by atoms with Crippen molar-refractivity contribution >= 4 is 11.5 Å². The lowest BCUT2D eigenvalue weighted by molar-refractivity contribution is 0.0958. The first-order valence-corrected chi connectivity index (χ1v) is 7.37. The zero-order chi connectivity index (χ0) is 15.1. The van der Waals surface area contributed by atoms with E-state index in [1.54, 1.807) is 4.68 Å². The molecule has 0 spiro atoms. The van der Waals surface area contributed by atoms with Crippen LogP contribution in [-0.4, -0.2) is 29.7 Å². The molecular formula is C17H21N3O. The van der Waals surface area contributed by atoms with Gasteiger partial charge in [0, 0.05) is 44.4 Å². The first-order valence-electron chi connectivity index (χ1n) is 7.37. The van der Waals surface area contributed by atoms with Crippen LogP contribution in [0.3, 0.4) is 0 Å². The summed E-state index contributed by atoms with van der Waals surface area (Å²) in [7, 11) is 5.92. The zero-order valence-electron chi connectivity index (χ0n) is 13.1. The largest absolute Gasteiger partial charge is 0.378 e. The predicted octanol–water partition coefficient (Wildman–Crippen LogP) is 3.23. The summed E-state index contributed by atoms with van der Waals surface area (Å²) in [5.41, 5.74) is 5.11. The molecule has 21 heavy (non-hydrogen) atoms. The molecule has 0 fully saturated rings. The van der Waals surface area contributed by atoms with Crippen molar-refractivity contribution in [1.82, 2.24) is 9.78 Å². The molecule has 0 bridgehead atoms. The fraction of sp³-hybridized carbons (Fsp3) is 0.412. The van der Waals surface area contributed by atoms with E-state index in [-0.39, 0.29) is 5.78 Å². The zero-order valence-corrected chi connectivity index (χ0v) is 13.1. The first-order chi connectivity index (χ1) is 9.99. The number of aromatic nitrogens is 2. The number of nitrogens with zero attached hydrogens (tertiary/aromatic N) is 3. The quantitative estimate of drug-likeness (QED) is 0.849. The number of benzene rings is 1. The lowest BCUT2D eigenvalue weighted by Crippen LogP contribution is -2.16. The van der Waals surface area contributed by atoms with Gasteiger partial charge in [-0.25, -0.2) is 0 Å². The maximum absolute atomic E-state index is 12.2. The predicted molar refractivity (Wildman–Crippen MR) is 85.0 cm³/mol. The van der Waals surface area contributed by atoms with Crippen molar-refractivity contribution in [2.24, 2.45) is 7.05 Å². The van der Waals surface area contributed by atoms with Crippen LogP contribution in [0.15, 0.2) is 24.3 Å². The number of fused-ring (bicyclic) bond motifs is 1. The average Bonchev–Trinajstić information content (AvgIpc) is 2.82. The monoisotopic (exact) mass is 283 g/mol. The van der Waals surface area contributed by atoms with Crippen molar-refractivity contribution in [1.29, 1.82) is 0 Å². The van der Waals surface area contributed by atoms with E-state index >= 15 is 0 Å². The first kappa shape index (κ1) is 13.9. The molecule has 0 saturated carbocycles. The third kappa shape index (κ3) is 2.24. The summed E-state index contributed by atoms with van der Waals surface area (Å²) in [5, 5.41) is 4.62. The van der Waals surface area contributed by atoms with E-state index in [2.05, 4.69) is 41.2 Å². The SMILES string of the molecule is CC1CCC(=O)c2c1c(-c1ccc(N(C)C)cc1)nn2C. The van der Waals surface area contributed by atoms with Crippen LogP contribution >= 0.6 is 0 Å². The molecule has 1 unspecified atom stereocenters. The van der Waals surface area contributed by atoms with Gasteiger partial charge in [0.1, 0.15) is 5.69 Å². The van der Waals surface area contributed by atoms with Gasteiger partial charge >= 0.3 is 0 Å². The van der Waals surface area contributed by atoms with E-state index < -0.39 is 0 Å². The van der Waals surface area contributed by atoms with Gasteiger partial charge in [-0.3, -0.25) is 9.48 Å². The summed E-state index contributed by atoms with van der Waals surface area (Å²) in [6.07, 6.45) is 1.55. The minimum absolute atomic E-state index is 0.217. The van der Waals surface area contributed by atoms with Crippen molar-refractivity contribution < 1.29 is 4.79 Å². The van der Waals surface area contributed by atoms with Gasteiger partial charge < -0.3 is 4.90 Å². The summed E-state index contributed by atoms with van der Waals surface area (Å²) < 4.78 is 1.75. The number of anilines is 1. The normalized spacial score (nSPS) is 17.7. The topological polar surface area (TPSA) is 38.1 Å². The second-order valence-electron chi connectivity index (χ2n) is 6.04. The maximum atomic E-state index is 12.2. The Morgan fingerprint density at radius 2 is 1.90 bits per heavy atom. The highest BCUT2D eigenvalue weighted by Crippen LogP contribution is 2.38. The third-order valence-corrected chi connectivity index (χ3v) is 4.30. The fourth-order valence-electron chi connectivity index (χ4n) is 3.08. The molecule has 0 amide bonds. The van der Waals surface area contributed by atoms with E-state index in [9.17, 15) is 4.79 Å². The second-order valence-corrected chi connectivity index (χ2v) is 6.04.